The summed E-state index contributed by atoms with van der Waals surface area (Å²) in [5.41, 5.74) is 5.34. The van der Waals surface area contributed by atoms with Crippen LogP contribution in [0.4, 0.5) is 0 Å². The van der Waals surface area contributed by atoms with Gasteiger partial charge in [-0.25, -0.2) is 4.98 Å². The maximum Gasteiger partial charge on any atom is 0.0997 e. The van der Waals surface area contributed by atoms with E-state index in [0.717, 1.165) is 25.9 Å². The van der Waals surface area contributed by atoms with E-state index in [-0.39, 0.29) is 0 Å². The number of aryl methyl sites for hydroxylation is 1. The molecule has 21 heavy (non-hydrogen) atoms. The van der Waals surface area contributed by atoms with Gasteiger partial charge in [0.25, 0.3) is 0 Å². The minimum Gasteiger partial charge on any atom is -0.312 e. The number of rotatable bonds is 5. The Morgan fingerprint density at radius 3 is 2.86 bits per heavy atom. The number of hydrogen-bond acceptors (Lipinski definition) is 2. The molecule has 1 aliphatic rings. The average Bonchev–Trinajstić information content (AvgIpc) is 2.91. The van der Waals surface area contributed by atoms with E-state index >= 15 is 0 Å². The van der Waals surface area contributed by atoms with Crippen LogP contribution in [0.25, 0.3) is 5.69 Å². The second-order valence-electron chi connectivity index (χ2n) is 6.37. The van der Waals surface area contributed by atoms with Crippen LogP contribution >= 0.6 is 0 Å². The molecule has 3 rings (SSSR count). The molecule has 0 aliphatic heterocycles. The van der Waals surface area contributed by atoms with E-state index in [1.807, 2.05) is 6.33 Å². The third-order valence-electron chi connectivity index (χ3n) is 4.15. The van der Waals surface area contributed by atoms with Crippen molar-refractivity contribution in [3.8, 4) is 5.69 Å². The molecule has 1 aromatic heterocycles. The van der Waals surface area contributed by atoms with Gasteiger partial charge in [-0.1, -0.05) is 32.0 Å². The largest absolute Gasteiger partial charge is 0.312 e. The van der Waals surface area contributed by atoms with Gasteiger partial charge in [-0.3, -0.25) is 0 Å². The second kappa shape index (κ2) is 6.44. The molecule has 3 nitrogen and oxygen atoms in total. The Morgan fingerprint density at radius 1 is 1.19 bits per heavy atom. The number of nitrogens with one attached hydrogen (secondary N) is 1. The van der Waals surface area contributed by atoms with Gasteiger partial charge >= 0.3 is 0 Å². The van der Waals surface area contributed by atoms with E-state index in [9.17, 15) is 0 Å². The summed E-state index contributed by atoms with van der Waals surface area (Å²) in [6.45, 7) is 6.45. The van der Waals surface area contributed by atoms with Crippen molar-refractivity contribution in [2.24, 2.45) is 5.92 Å². The summed E-state index contributed by atoms with van der Waals surface area (Å²) in [7, 11) is 0. The number of para-hydroxylation sites is 1. The molecule has 2 aromatic rings. The molecule has 0 unspecified atom stereocenters. The van der Waals surface area contributed by atoms with Crippen molar-refractivity contribution < 1.29 is 0 Å². The molecule has 0 fully saturated rings. The smallest absolute Gasteiger partial charge is 0.0997 e. The van der Waals surface area contributed by atoms with Crippen molar-refractivity contribution in [1.82, 2.24) is 14.9 Å². The maximum absolute atomic E-state index is 4.63. The first-order valence-electron chi connectivity index (χ1n) is 8.10. The lowest BCUT2D eigenvalue weighted by Gasteiger charge is -2.17. The molecule has 0 saturated carbocycles. The lowest BCUT2D eigenvalue weighted by atomic mass is 10.0. The van der Waals surface area contributed by atoms with Gasteiger partial charge in [-0.15, -0.1) is 0 Å². The van der Waals surface area contributed by atoms with Gasteiger partial charge in [0.2, 0.25) is 0 Å². The Kier molecular flexibility index (Phi) is 4.39. The minimum absolute atomic E-state index is 0.679. The SMILES string of the molecule is CC(C)CNCc1ccccc1-n1cnc2c1CCCC2. The second-order valence-corrected chi connectivity index (χ2v) is 6.37. The van der Waals surface area contributed by atoms with Crippen molar-refractivity contribution in [3.63, 3.8) is 0 Å². The zero-order valence-corrected chi connectivity index (χ0v) is 13.1. The molecule has 0 amide bonds. The summed E-state index contributed by atoms with van der Waals surface area (Å²) in [6, 6.07) is 8.68. The summed E-state index contributed by atoms with van der Waals surface area (Å²) in [6.07, 6.45) is 6.87. The van der Waals surface area contributed by atoms with Crippen LogP contribution in [0.15, 0.2) is 30.6 Å². The third-order valence-corrected chi connectivity index (χ3v) is 4.15. The van der Waals surface area contributed by atoms with Gasteiger partial charge in [-0.05, 0) is 49.8 Å². The highest BCUT2D eigenvalue weighted by atomic mass is 15.1. The molecule has 0 spiro atoms. The van der Waals surface area contributed by atoms with Crippen molar-refractivity contribution in [3.05, 3.63) is 47.5 Å². The lowest BCUT2D eigenvalue weighted by Crippen LogP contribution is -2.20. The quantitative estimate of drug-likeness (QED) is 0.910. The number of imidazole rings is 1. The van der Waals surface area contributed by atoms with Gasteiger partial charge in [0, 0.05) is 12.2 Å². The van der Waals surface area contributed by atoms with Crippen LogP contribution in [-0.2, 0) is 19.4 Å². The monoisotopic (exact) mass is 283 g/mol. The highest BCUT2D eigenvalue weighted by Gasteiger charge is 2.17. The molecular formula is C18H25N3. The fourth-order valence-electron chi connectivity index (χ4n) is 3.07. The van der Waals surface area contributed by atoms with Crippen molar-refractivity contribution in [2.75, 3.05) is 6.54 Å². The normalized spacial score (nSPS) is 14.4. The Morgan fingerprint density at radius 2 is 2.00 bits per heavy atom. The summed E-state index contributed by atoms with van der Waals surface area (Å²) >= 11 is 0. The van der Waals surface area contributed by atoms with Crippen LogP contribution in [0, 0.1) is 5.92 Å². The van der Waals surface area contributed by atoms with Gasteiger partial charge in [0.15, 0.2) is 0 Å². The van der Waals surface area contributed by atoms with E-state index < -0.39 is 0 Å². The van der Waals surface area contributed by atoms with Crippen LogP contribution in [0.3, 0.4) is 0 Å². The Balaban J connectivity index is 1.86. The highest BCUT2D eigenvalue weighted by Crippen LogP contribution is 2.24. The van der Waals surface area contributed by atoms with Crippen LogP contribution in [-0.4, -0.2) is 16.1 Å². The molecule has 1 aromatic carbocycles. The summed E-state index contributed by atoms with van der Waals surface area (Å²) < 4.78 is 2.31. The van der Waals surface area contributed by atoms with Gasteiger partial charge in [0.1, 0.15) is 0 Å². The molecule has 0 atom stereocenters. The lowest BCUT2D eigenvalue weighted by molar-refractivity contribution is 0.551. The van der Waals surface area contributed by atoms with E-state index in [4.69, 9.17) is 0 Å². The number of hydrogen-bond donors (Lipinski definition) is 1. The van der Waals surface area contributed by atoms with Crippen molar-refractivity contribution in [1.29, 1.82) is 0 Å². The topological polar surface area (TPSA) is 29.9 Å². The predicted octanol–water partition coefficient (Wildman–Crippen LogP) is 3.50. The van der Waals surface area contributed by atoms with Gasteiger partial charge in [-0.2, -0.15) is 0 Å². The zero-order valence-electron chi connectivity index (χ0n) is 13.1. The number of nitrogens with zero attached hydrogens (tertiary/aromatic N) is 2. The fraction of sp³-hybridized carbons (Fsp3) is 0.500. The molecule has 0 bridgehead atoms. The third kappa shape index (κ3) is 3.18. The number of fused-ring (bicyclic) bond motifs is 1. The van der Waals surface area contributed by atoms with Gasteiger partial charge < -0.3 is 9.88 Å². The molecule has 112 valence electrons. The number of aromatic nitrogens is 2. The summed E-state index contributed by atoms with van der Waals surface area (Å²) in [5, 5.41) is 3.55. The first-order valence-corrected chi connectivity index (χ1v) is 8.10. The Labute approximate surface area is 127 Å². The van der Waals surface area contributed by atoms with E-state index in [1.54, 1.807) is 0 Å². The molecule has 0 saturated heterocycles. The first kappa shape index (κ1) is 14.3. The van der Waals surface area contributed by atoms with Crippen molar-refractivity contribution >= 4 is 0 Å². The van der Waals surface area contributed by atoms with Crippen LogP contribution in [0.5, 0.6) is 0 Å². The van der Waals surface area contributed by atoms with Gasteiger partial charge in [0.05, 0.1) is 17.7 Å². The predicted molar refractivity (Wildman–Crippen MR) is 86.8 cm³/mol. The zero-order chi connectivity index (χ0) is 14.7. The van der Waals surface area contributed by atoms with Crippen LogP contribution in [0.1, 0.15) is 43.6 Å². The van der Waals surface area contributed by atoms with E-state index in [0.29, 0.717) is 5.92 Å². The maximum atomic E-state index is 4.63. The Hall–Kier alpha value is -1.61. The molecule has 1 heterocycles. The summed E-state index contributed by atoms with van der Waals surface area (Å²) in [5.74, 6) is 0.679. The molecular weight excluding hydrogens is 258 g/mol. The molecule has 3 heteroatoms. The van der Waals surface area contributed by atoms with E-state index in [1.165, 1.54) is 35.5 Å². The van der Waals surface area contributed by atoms with Crippen LogP contribution < -0.4 is 5.32 Å². The van der Waals surface area contributed by atoms with E-state index in [2.05, 4.69) is 53.0 Å². The standard InChI is InChI=1S/C18H25N3/c1-14(2)11-19-12-15-7-3-5-9-17(15)21-13-20-16-8-4-6-10-18(16)21/h3,5,7,9,13-14,19H,4,6,8,10-12H2,1-2H3. The average molecular weight is 283 g/mol. The first-order chi connectivity index (χ1) is 10.3. The van der Waals surface area contributed by atoms with Crippen LogP contribution in [0.2, 0.25) is 0 Å². The van der Waals surface area contributed by atoms with Crippen molar-refractivity contribution in [2.45, 2.75) is 46.1 Å². The Bertz CT molecular complexity index is 598. The molecule has 0 radical (unpaired) electrons. The summed E-state index contributed by atoms with van der Waals surface area (Å²) in [4.78, 5) is 4.63. The molecule has 1 aliphatic carbocycles. The fourth-order valence-corrected chi connectivity index (χ4v) is 3.07. The minimum atomic E-state index is 0.679. The highest BCUT2D eigenvalue weighted by molar-refractivity contribution is 5.43. The molecule has 1 N–H and O–H groups in total. The number of benzene rings is 1.